The molecule has 1 amide bonds. The van der Waals surface area contributed by atoms with Gasteiger partial charge in [0.1, 0.15) is 0 Å². The van der Waals surface area contributed by atoms with E-state index in [1.54, 1.807) is 30.2 Å². The molecule has 0 aliphatic rings. The van der Waals surface area contributed by atoms with Crippen LogP contribution in [0.2, 0.25) is 0 Å². The van der Waals surface area contributed by atoms with Gasteiger partial charge in [0.25, 0.3) is 0 Å². The molecule has 0 fully saturated rings. The minimum atomic E-state index is -4.39. The van der Waals surface area contributed by atoms with Gasteiger partial charge in [-0.15, -0.1) is 0 Å². The van der Waals surface area contributed by atoms with E-state index in [0.29, 0.717) is 5.56 Å². The van der Waals surface area contributed by atoms with Crippen molar-refractivity contribution in [3.63, 3.8) is 0 Å². The first-order chi connectivity index (χ1) is 12.8. The molecule has 0 unspecified atom stereocenters. The lowest BCUT2D eigenvalue weighted by molar-refractivity contribution is -0.137. The summed E-state index contributed by atoms with van der Waals surface area (Å²) in [4.78, 5) is 16.5. The molecule has 5 nitrogen and oxygen atoms in total. The predicted octanol–water partition coefficient (Wildman–Crippen LogP) is 3.36. The number of halogens is 3. The number of aryl methyl sites for hydroxylation is 1. The van der Waals surface area contributed by atoms with Gasteiger partial charge in [-0.2, -0.15) is 18.3 Å². The summed E-state index contributed by atoms with van der Waals surface area (Å²) in [5.74, 6) is -0.282. The number of rotatable bonds is 5. The number of amides is 1. The zero-order valence-corrected chi connectivity index (χ0v) is 14.5. The van der Waals surface area contributed by atoms with E-state index in [1.165, 1.54) is 12.1 Å². The lowest BCUT2D eigenvalue weighted by Crippen LogP contribution is -2.25. The van der Waals surface area contributed by atoms with Crippen molar-refractivity contribution in [2.75, 3.05) is 0 Å². The molecule has 140 valence electrons. The Kier molecular flexibility index (Phi) is 5.25. The molecule has 1 N–H and O–H groups in total. The number of aromatic nitrogens is 3. The summed E-state index contributed by atoms with van der Waals surface area (Å²) in [5, 5.41) is 6.90. The minimum absolute atomic E-state index is 0.000620. The standard InChI is InChI=1S/C19H17F3N4O/c1-26-12-15(11-25-26)18-14(3-2-8-23-18)10-24-17(27)9-13-4-6-16(7-5-13)19(20,21)22/h2-8,11-12H,9-10H2,1H3,(H,24,27). The normalized spacial score (nSPS) is 11.4. The second-order valence-corrected chi connectivity index (χ2v) is 6.06. The van der Waals surface area contributed by atoms with Gasteiger partial charge in [-0.25, -0.2) is 0 Å². The van der Waals surface area contributed by atoms with E-state index >= 15 is 0 Å². The van der Waals surface area contributed by atoms with Gasteiger partial charge < -0.3 is 5.32 Å². The number of carbonyl (C=O) groups excluding carboxylic acids is 1. The topological polar surface area (TPSA) is 59.8 Å². The maximum atomic E-state index is 12.6. The molecular weight excluding hydrogens is 357 g/mol. The first-order valence-corrected chi connectivity index (χ1v) is 8.18. The molecule has 2 heterocycles. The average Bonchev–Trinajstić information content (AvgIpc) is 3.06. The molecule has 0 saturated heterocycles. The fraction of sp³-hybridized carbons (Fsp3) is 0.211. The smallest absolute Gasteiger partial charge is 0.352 e. The van der Waals surface area contributed by atoms with Crippen LogP contribution >= 0.6 is 0 Å². The Morgan fingerprint density at radius 2 is 1.93 bits per heavy atom. The SMILES string of the molecule is Cn1cc(-c2ncccc2CNC(=O)Cc2ccc(C(F)(F)F)cc2)cn1. The lowest BCUT2D eigenvalue weighted by atomic mass is 10.1. The van der Waals surface area contributed by atoms with Crippen LogP contribution in [0.3, 0.4) is 0 Å². The molecule has 0 radical (unpaired) electrons. The number of nitrogens with one attached hydrogen (secondary N) is 1. The van der Waals surface area contributed by atoms with Crippen molar-refractivity contribution in [3.8, 4) is 11.3 Å². The first kappa shape index (κ1) is 18.6. The van der Waals surface area contributed by atoms with E-state index < -0.39 is 11.7 Å². The fourth-order valence-corrected chi connectivity index (χ4v) is 2.64. The van der Waals surface area contributed by atoms with Crippen LogP contribution in [0.4, 0.5) is 13.2 Å². The van der Waals surface area contributed by atoms with Gasteiger partial charge in [0.15, 0.2) is 0 Å². The summed E-state index contributed by atoms with van der Waals surface area (Å²) in [6, 6.07) is 8.21. The lowest BCUT2D eigenvalue weighted by Gasteiger charge is -2.10. The summed E-state index contributed by atoms with van der Waals surface area (Å²) in [5.41, 5.74) is 2.17. The van der Waals surface area contributed by atoms with Crippen molar-refractivity contribution in [3.05, 3.63) is 71.7 Å². The highest BCUT2D eigenvalue weighted by Crippen LogP contribution is 2.29. The molecule has 2 aromatic heterocycles. The van der Waals surface area contributed by atoms with Crippen molar-refractivity contribution in [1.82, 2.24) is 20.1 Å². The third-order valence-corrected chi connectivity index (χ3v) is 3.99. The van der Waals surface area contributed by atoms with Crippen molar-refractivity contribution in [2.45, 2.75) is 19.1 Å². The number of pyridine rings is 1. The summed E-state index contributed by atoms with van der Waals surface area (Å²) in [7, 11) is 1.80. The summed E-state index contributed by atoms with van der Waals surface area (Å²) in [6.07, 6.45) is 0.798. The minimum Gasteiger partial charge on any atom is -0.352 e. The summed E-state index contributed by atoms with van der Waals surface area (Å²) in [6.45, 7) is 0.261. The third kappa shape index (κ3) is 4.72. The zero-order valence-electron chi connectivity index (χ0n) is 14.5. The van der Waals surface area contributed by atoms with E-state index in [9.17, 15) is 18.0 Å². The molecule has 0 atom stereocenters. The van der Waals surface area contributed by atoms with E-state index in [0.717, 1.165) is 29.0 Å². The number of nitrogens with zero attached hydrogens (tertiary/aromatic N) is 3. The first-order valence-electron chi connectivity index (χ1n) is 8.18. The third-order valence-electron chi connectivity index (χ3n) is 3.99. The van der Waals surface area contributed by atoms with E-state index in [4.69, 9.17) is 0 Å². The van der Waals surface area contributed by atoms with E-state index in [-0.39, 0.29) is 18.9 Å². The molecular formula is C19H17F3N4O. The van der Waals surface area contributed by atoms with Crippen molar-refractivity contribution in [1.29, 1.82) is 0 Å². The van der Waals surface area contributed by atoms with Gasteiger partial charge in [-0.05, 0) is 29.3 Å². The monoisotopic (exact) mass is 374 g/mol. The van der Waals surface area contributed by atoms with Crippen LogP contribution in [0.1, 0.15) is 16.7 Å². The van der Waals surface area contributed by atoms with Crippen LogP contribution in [0.25, 0.3) is 11.3 Å². The van der Waals surface area contributed by atoms with Crippen LogP contribution in [0.5, 0.6) is 0 Å². The molecule has 0 aliphatic heterocycles. The van der Waals surface area contributed by atoms with Crippen LogP contribution in [-0.2, 0) is 31.0 Å². The van der Waals surface area contributed by atoms with Gasteiger partial charge in [0, 0.05) is 31.5 Å². The van der Waals surface area contributed by atoms with Gasteiger partial charge in [0.2, 0.25) is 5.91 Å². The Balaban J connectivity index is 1.63. The van der Waals surface area contributed by atoms with Gasteiger partial charge in [-0.3, -0.25) is 14.5 Å². The molecule has 0 aliphatic carbocycles. The fourth-order valence-electron chi connectivity index (χ4n) is 2.64. The Morgan fingerprint density at radius 3 is 2.56 bits per heavy atom. The maximum Gasteiger partial charge on any atom is 0.416 e. The van der Waals surface area contributed by atoms with Crippen LogP contribution in [0.15, 0.2) is 55.0 Å². The highest BCUT2D eigenvalue weighted by molar-refractivity contribution is 5.78. The van der Waals surface area contributed by atoms with Crippen molar-refractivity contribution >= 4 is 5.91 Å². The number of benzene rings is 1. The molecule has 27 heavy (non-hydrogen) atoms. The molecule has 0 bridgehead atoms. The Bertz CT molecular complexity index is 933. The molecule has 3 aromatic rings. The molecule has 0 saturated carbocycles. The van der Waals surface area contributed by atoms with Crippen LogP contribution in [-0.4, -0.2) is 20.7 Å². The predicted molar refractivity (Wildman–Crippen MR) is 93.4 cm³/mol. The van der Waals surface area contributed by atoms with Gasteiger partial charge >= 0.3 is 6.18 Å². The van der Waals surface area contributed by atoms with Crippen molar-refractivity contribution in [2.24, 2.45) is 7.05 Å². The quantitative estimate of drug-likeness (QED) is 0.745. The summed E-state index contributed by atoms with van der Waals surface area (Å²) < 4.78 is 39.4. The molecule has 3 rings (SSSR count). The Labute approximate surface area is 153 Å². The summed E-state index contributed by atoms with van der Waals surface area (Å²) >= 11 is 0. The molecule has 1 aromatic carbocycles. The van der Waals surface area contributed by atoms with Crippen molar-refractivity contribution < 1.29 is 18.0 Å². The Hall–Kier alpha value is -3.16. The van der Waals surface area contributed by atoms with Gasteiger partial charge in [-0.1, -0.05) is 18.2 Å². The number of hydrogen-bond donors (Lipinski definition) is 1. The molecule has 0 spiro atoms. The maximum absolute atomic E-state index is 12.6. The number of alkyl halides is 3. The zero-order chi connectivity index (χ0) is 19.4. The number of carbonyl (C=O) groups is 1. The highest BCUT2D eigenvalue weighted by Gasteiger charge is 2.29. The largest absolute Gasteiger partial charge is 0.416 e. The van der Waals surface area contributed by atoms with E-state index in [1.807, 2.05) is 12.3 Å². The molecule has 8 heteroatoms. The second-order valence-electron chi connectivity index (χ2n) is 6.06. The second kappa shape index (κ2) is 7.61. The number of hydrogen-bond acceptors (Lipinski definition) is 3. The average molecular weight is 374 g/mol. The van der Waals surface area contributed by atoms with Crippen LogP contribution in [0, 0.1) is 0 Å². The Morgan fingerprint density at radius 1 is 1.19 bits per heavy atom. The van der Waals surface area contributed by atoms with Gasteiger partial charge in [0.05, 0.1) is 23.9 Å². The highest BCUT2D eigenvalue weighted by atomic mass is 19.4. The van der Waals surface area contributed by atoms with E-state index in [2.05, 4.69) is 15.4 Å². The van der Waals surface area contributed by atoms with Crippen LogP contribution < -0.4 is 5.32 Å².